The maximum absolute atomic E-state index is 12.3. The number of fused-ring (bicyclic) bond motifs is 2. The SMILES string of the molecule is Cc1ccc2c(C)c(CCC(=O)NCc3ccc4c(c3)OCO4)c(=O)oc2c1. The van der Waals surface area contributed by atoms with Crippen molar-refractivity contribution >= 4 is 16.9 Å². The third-order valence-corrected chi connectivity index (χ3v) is 4.97. The molecule has 0 saturated carbocycles. The molecule has 1 aliphatic heterocycles. The van der Waals surface area contributed by atoms with Gasteiger partial charge in [-0.25, -0.2) is 4.79 Å². The molecule has 0 aliphatic carbocycles. The van der Waals surface area contributed by atoms with Crippen LogP contribution in [0.4, 0.5) is 0 Å². The number of rotatable bonds is 5. The maximum atomic E-state index is 12.3. The standard InChI is InChI=1S/C22H21NO5/c1-13-3-5-16-14(2)17(22(25)28-19(16)9-13)6-8-21(24)23-11-15-4-7-18-20(10-15)27-12-26-18/h3-5,7,9-10H,6,8,11-12H2,1-2H3,(H,23,24). The summed E-state index contributed by atoms with van der Waals surface area (Å²) in [5.41, 5.74) is 3.59. The van der Waals surface area contributed by atoms with Gasteiger partial charge in [0.25, 0.3) is 0 Å². The molecule has 144 valence electrons. The van der Waals surface area contributed by atoms with Gasteiger partial charge in [0.2, 0.25) is 12.7 Å². The van der Waals surface area contributed by atoms with Gasteiger partial charge in [0.1, 0.15) is 5.58 Å². The molecule has 3 aromatic rings. The number of hydrogen-bond donors (Lipinski definition) is 1. The molecule has 4 rings (SSSR count). The van der Waals surface area contributed by atoms with Crippen molar-refractivity contribution in [1.29, 1.82) is 0 Å². The molecule has 2 aromatic carbocycles. The number of benzene rings is 2. The third kappa shape index (κ3) is 3.58. The van der Waals surface area contributed by atoms with Gasteiger partial charge in [-0.1, -0.05) is 18.2 Å². The molecule has 1 N–H and O–H groups in total. The predicted octanol–water partition coefficient (Wildman–Crippen LogP) is 3.39. The fraction of sp³-hybridized carbons (Fsp3) is 0.273. The van der Waals surface area contributed by atoms with E-state index in [2.05, 4.69) is 5.32 Å². The number of carbonyl (C=O) groups is 1. The summed E-state index contributed by atoms with van der Waals surface area (Å²) in [6.45, 7) is 4.46. The van der Waals surface area contributed by atoms with Gasteiger partial charge in [0, 0.05) is 23.9 Å². The third-order valence-electron chi connectivity index (χ3n) is 4.97. The van der Waals surface area contributed by atoms with Gasteiger partial charge < -0.3 is 19.2 Å². The van der Waals surface area contributed by atoms with E-state index in [4.69, 9.17) is 13.9 Å². The van der Waals surface area contributed by atoms with Crippen LogP contribution in [0.3, 0.4) is 0 Å². The minimum absolute atomic E-state index is 0.125. The number of hydrogen-bond acceptors (Lipinski definition) is 5. The number of ether oxygens (including phenoxy) is 2. The zero-order valence-electron chi connectivity index (χ0n) is 15.8. The molecule has 0 fully saturated rings. The van der Waals surface area contributed by atoms with E-state index in [9.17, 15) is 9.59 Å². The summed E-state index contributed by atoms with van der Waals surface area (Å²) in [6, 6.07) is 11.4. The quantitative estimate of drug-likeness (QED) is 0.688. The van der Waals surface area contributed by atoms with Gasteiger partial charge in [-0.05, 0) is 55.2 Å². The number of amides is 1. The summed E-state index contributed by atoms with van der Waals surface area (Å²) in [4.78, 5) is 24.6. The Labute approximate surface area is 162 Å². The lowest BCUT2D eigenvalue weighted by Crippen LogP contribution is -2.24. The van der Waals surface area contributed by atoms with Crippen LogP contribution < -0.4 is 20.4 Å². The molecular weight excluding hydrogens is 358 g/mol. The second kappa shape index (κ2) is 7.38. The van der Waals surface area contributed by atoms with Gasteiger partial charge in [-0.2, -0.15) is 0 Å². The Hall–Kier alpha value is -3.28. The average Bonchev–Trinajstić information content (AvgIpc) is 3.13. The first-order chi connectivity index (χ1) is 13.5. The molecule has 1 aliphatic rings. The summed E-state index contributed by atoms with van der Waals surface area (Å²) in [7, 11) is 0. The van der Waals surface area contributed by atoms with E-state index in [-0.39, 0.29) is 24.7 Å². The van der Waals surface area contributed by atoms with Crippen molar-refractivity contribution in [2.45, 2.75) is 33.2 Å². The van der Waals surface area contributed by atoms with E-state index in [1.807, 2.05) is 50.2 Å². The molecule has 0 radical (unpaired) electrons. The average molecular weight is 379 g/mol. The molecular formula is C22H21NO5. The minimum atomic E-state index is -0.376. The van der Waals surface area contributed by atoms with Crippen LogP contribution in [0.2, 0.25) is 0 Å². The zero-order valence-corrected chi connectivity index (χ0v) is 15.8. The van der Waals surface area contributed by atoms with E-state index in [1.54, 1.807) is 0 Å². The van der Waals surface area contributed by atoms with E-state index >= 15 is 0 Å². The molecule has 6 heteroatoms. The lowest BCUT2D eigenvalue weighted by atomic mass is 10.0. The van der Waals surface area contributed by atoms with Crippen LogP contribution in [0.15, 0.2) is 45.6 Å². The summed E-state index contributed by atoms with van der Waals surface area (Å²) < 4.78 is 16.1. The van der Waals surface area contributed by atoms with Gasteiger partial charge in [-0.15, -0.1) is 0 Å². The molecule has 1 aromatic heterocycles. The van der Waals surface area contributed by atoms with E-state index < -0.39 is 0 Å². The van der Waals surface area contributed by atoms with Crippen molar-refractivity contribution in [3.63, 3.8) is 0 Å². The van der Waals surface area contributed by atoms with Gasteiger partial charge >= 0.3 is 5.63 Å². The van der Waals surface area contributed by atoms with Crippen LogP contribution in [-0.2, 0) is 17.8 Å². The van der Waals surface area contributed by atoms with Crippen LogP contribution in [0.25, 0.3) is 11.0 Å². The number of carbonyl (C=O) groups excluding carboxylic acids is 1. The van der Waals surface area contributed by atoms with Crippen molar-refractivity contribution in [1.82, 2.24) is 5.32 Å². The molecule has 1 amide bonds. The topological polar surface area (TPSA) is 77.8 Å². The Kier molecular flexibility index (Phi) is 4.77. The van der Waals surface area contributed by atoms with Gasteiger partial charge in [0.05, 0.1) is 0 Å². The second-order valence-corrected chi connectivity index (χ2v) is 6.96. The van der Waals surface area contributed by atoms with Crippen LogP contribution in [0, 0.1) is 13.8 Å². The summed E-state index contributed by atoms with van der Waals surface area (Å²) in [6.07, 6.45) is 0.554. The lowest BCUT2D eigenvalue weighted by molar-refractivity contribution is -0.121. The van der Waals surface area contributed by atoms with Crippen molar-refractivity contribution in [2.75, 3.05) is 6.79 Å². The lowest BCUT2D eigenvalue weighted by Gasteiger charge is -2.09. The summed E-state index contributed by atoms with van der Waals surface area (Å²) in [5.74, 6) is 1.27. The Bertz CT molecular complexity index is 1120. The molecule has 6 nitrogen and oxygen atoms in total. The highest BCUT2D eigenvalue weighted by Crippen LogP contribution is 2.32. The Balaban J connectivity index is 1.41. The predicted molar refractivity (Wildman–Crippen MR) is 105 cm³/mol. The Morgan fingerprint density at radius 1 is 1.07 bits per heavy atom. The van der Waals surface area contributed by atoms with Crippen LogP contribution in [0.5, 0.6) is 11.5 Å². The van der Waals surface area contributed by atoms with E-state index in [1.165, 1.54) is 0 Å². The number of aryl methyl sites for hydroxylation is 2. The largest absolute Gasteiger partial charge is 0.454 e. The summed E-state index contributed by atoms with van der Waals surface area (Å²) >= 11 is 0. The maximum Gasteiger partial charge on any atom is 0.339 e. The highest BCUT2D eigenvalue weighted by molar-refractivity contribution is 5.82. The van der Waals surface area contributed by atoms with Gasteiger partial charge in [-0.3, -0.25) is 4.79 Å². The first-order valence-corrected chi connectivity index (χ1v) is 9.19. The normalized spacial score (nSPS) is 12.4. The molecule has 0 spiro atoms. The molecule has 2 heterocycles. The van der Waals surface area contributed by atoms with Crippen LogP contribution >= 0.6 is 0 Å². The highest BCUT2D eigenvalue weighted by atomic mass is 16.7. The highest BCUT2D eigenvalue weighted by Gasteiger charge is 2.15. The van der Waals surface area contributed by atoms with Crippen molar-refractivity contribution in [3.8, 4) is 11.5 Å². The van der Waals surface area contributed by atoms with Crippen LogP contribution in [-0.4, -0.2) is 12.7 Å². The molecule has 0 saturated heterocycles. The first kappa shape index (κ1) is 18.1. The van der Waals surface area contributed by atoms with Crippen molar-refractivity contribution < 1.29 is 18.7 Å². The van der Waals surface area contributed by atoms with Crippen molar-refractivity contribution in [3.05, 3.63) is 69.1 Å². The monoisotopic (exact) mass is 379 g/mol. The molecule has 0 atom stereocenters. The molecule has 0 bridgehead atoms. The fourth-order valence-electron chi connectivity index (χ4n) is 3.37. The van der Waals surface area contributed by atoms with E-state index in [0.29, 0.717) is 35.6 Å². The first-order valence-electron chi connectivity index (χ1n) is 9.19. The van der Waals surface area contributed by atoms with Crippen molar-refractivity contribution in [2.24, 2.45) is 0 Å². The molecule has 0 unspecified atom stereocenters. The van der Waals surface area contributed by atoms with E-state index in [0.717, 1.165) is 22.1 Å². The zero-order chi connectivity index (χ0) is 19.7. The molecule has 28 heavy (non-hydrogen) atoms. The Morgan fingerprint density at radius 2 is 1.89 bits per heavy atom. The minimum Gasteiger partial charge on any atom is -0.454 e. The Morgan fingerprint density at radius 3 is 2.75 bits per heavy atom. The summed E-state index contributed by atoms with van der Waals surface area (Å²) in [5, 5.41) is 3.78. The number of nitrogens with one attached hydrogen (secondary N) is 1. The second-order valence-electron chi connectivity index (χ2n) is 6.96. The van der Waals surface area contributed by atoms with Gasteiger partial charge in [0.15, 0.2) is 11.5 Å². The fourth-order valence-corrected chi connectivity index (χ4v) is 3.37. The van der Waals surface area contributed by atoms with Crippen LogP contribution in [0.1, 0.15) is 28.7 Å². The smallest absolute Gasteiger partial charge is 0.339 e.